The Hall–Kier alpha value is -3.38. The fourth-order valence-corrected chi connectivity index (χ4v) is 5.47. The lowest BCUT2D eigenvalue weighted by atomic mass is 9.85. The lowest BCUT2D eigenvalue weighted by Gasteiger charge is -2.42. The smallest absolute Gasteiger partial charge is 0.327 e. The highest BCUT2D eigenvalue weighted by Gasteiger charge is 2.57. The number of carbonyl (C=O) groups is 2. The van der Waals surface area contributed by atoms with Gasteiger partial charge in [0.05, 0.1) is 13.7 Å². The van der Waals surface area contributed by atoms with Crippen molar-refractivity contribution in [3.05, 3.63) is 77.9 Å². The van der Waals surface area contributed by atoms with Gasteiger partial charge >= 0.3 is 6.03 Å². The molecule has 6 nitrogen and oxygen atoms in total. The first-order valence-electron chi connectivity index (χ1n) is 12.0. The second-order valence-corrected chi connectivity index (χ2v) is 9.26. The minimum Gasteiger partial charge on any atom is -0.497 e. The quantitative estimate of drug-likeness (QED) is 0.505. The molecule has 2 saturated heterocycles. The highest BCUT2D eigenvalue weighted by molar-refractivity contribution is 6.07. The van der Waals surface area contributed by atoms with Gasteiger partial charge in [0.1, 0.15) is 11.3 Å². The summed E-state index contributed by atoms with van der Waals surface area (Å²) in [5.41, 5.74) is 1.44. The molecule has 0 aromatic heterocycles. The van der Waals surface area contributed by atoms with E-state index in [0.29, 0.717) is 25.9 Å². The van der Waals surface area contributed by atoms with Crippen molar-refractivity contribution in [1.29, 1.82) is 0 Å². The first kappa shape index (κ1) is 22.4. The van der Waals surface area contributed by atoms with E-state index in [1.807, 2.05) is 37.3 Å². The van der Waals surface area contributed by atoms with Gasteiger partial charge in [-0.3, -0.25) is 14.6 Å². The first-order chi connectivity index (χ1) is 16.5. The molecule has 3 aromatic rings. The van der Waals surface area contributed by atoms with Crippen molar-refractivity contribution in [1.82, 2.24) is 14.7 Å². The van der Waals surface area contributed by atoms with Crippen LogP contribution in [-0.2, 0) is 17.9 Å². The summed E-state index contributed by atoms with van der Waals surface area (Å²) in [7, 11) is 1.68. The predicted octanol–water partition coefficient (Wildman–Crippen LogP) is 4.67. The second kappa shape index (κ2) is 9.11. The number of hydrogen-bond donors (Lipinski definition) is 0. The number of amides is 3. The normalized spacial score (nSPS) is 18.3. The Balaban J connectivity index is 1.31. The second-order valence-electron chi connectivity index (χ2n) is 9.26. The number of benzene rings is 3. The Labute approximate surface area is 200 Å². The summed E-state index contributed by atoms with van der Waals surface area (Å²) in [4.78, 5) is 32.7. The zero-order valence-electron chi connectivity index (χ0n) is 19.9. The molecular weight excluding hydrogens is 426 g/mol. The van der Waals surface area contributed by atoms with E-state index in [2.05, 4.69) is 41.3 Å². The summed E-state index contributed by atoms with van der Waals surface area (Å²) >= 11 is 0. The molecule has 1 spiro atoms. The number of nitrogens with zero attached hydrogens (tertiary/aromatic N) is 3. The number of rotatable bonds is 6. The van der Waals surface area contributed by atoms with Crippen molar-refractivity contribution < 1.29 is 14.3 Å². The Morgan fingerprint density at radius 1 is 0.853 bits per heavy atom. The summed E-state index contributed by atoms with van der Waals surface area (Å²) in [6.07, 6.45) is 1.31. The van der Waals surface area contributed by atoms with Gasteiger partial charge in [-0.15, -0.1) is 0 Å². The third-order valence-electron chi connectivity index (χ3n) is 7.32. The zero-order valence-corrected chi connectivity index (χ0v) is 19.9. The average molecular weight is 458 g/mol. The van der Waals surface area contributed by atoms with Gasteiger partial charge in [-0.25, -0.2) is 4.79 Å². The van der Waals surface area contributed by atoms with Crippen LogP contribution in [0.15, 0.2) is 66.7 Å². The number of ether oxygens (including phenoxy) is 1. The number of carbonyl (C=O) groups excluding carboxylic acids is 2. The SMILES string of the molecule is CCN1C(=O)N(Cc2ccc3ccccc3c2)C(=O)C12CCN(Cc1cccc(OC)c1)CC2. The van der Waals surface area contributed by atoms with Crippen LogP contribution in [0.4, 0.5) is 4.79 Å². The van der Waals surface area contributed by atoms with Gasteiger partial charge in [0.15, 0.2) is 0 Å². The number of imide groups is 1. The van der Waals surface area contributed by atoms with Crippen molar-refractivity contribution in [2.75, 3.05) is 26.7 Å². The summed E-state index contributed by atoms with van der Waals surface area (Å²) in [5.74, 6) is 0.803. The Morgan fingerprint density at radius 2 is 1.59 bits per heavy atom. The summed E-state index contributed by atoms with van der Waals surface area (Å²) in [5, 5.41) is 2.27. The van der Waals surface area contributed by atoms with Gasteiger partial charge in [-0.2, -0.15) is 0 Å². The standard InChI is InChI=1S/C28H31N3O3/c1-3-31-27(33)30(20-22-11-12-23-8-4-5-9-24(23)17-22)26(32)28(31)13-15-29(16-14-28)19-21-7-6-10-25(18-21)34-2/h4-12,17-18H,3,13-16,19-20H2,1-2H3. The zero-order chi connectivity index (χ0) is 23.7. The minimum absolute atomic E-state index is 0.0476. The third kappa shape index (κ3) is 3.92. The van der Waals surface area contributed by atoms with Crippen LogP contribution in [0, 0.1) is 0 Å². The van der Waals surface area contributed by atoms with Crippen LogP contribution in [0.2, 0.25) is 0 Å². The maximum atomic E-state index is 13.7. The van der Waals surface area contributed by atoms with Gasteiger partial charge in [0.2, 0.25) is 0 Å². The molecule has 2 aliphatic heterocycles. The molecule has 0 N–H and O–H groups in total. The van der Waals surface area contributed by atoms with Crippen LogP contribution in [0.25, 0.3) is 10.8 Å². The molecule has 0 bridgehead atoms. The summed E-state index contributed by atoms with van der Waals surface area (Å²) < 4.78 is 5.35. The van der Waals surface area contributed by atoms with Crippen molar-refractivity contribution in [2.45, 2.75) is 38.4 Å². The topological polar surface area (TPSA) is 53.1 Å². The molecule has 3 amide bonds. The molecule has 2 fully saturated rings. The molecule has 34 heavy (non-hydrogen) atoms. The van der Waals surface area contributed by atoms with E-state index in [1.54, 1.807) is 12.0 Å². The van der Waals surface area contributed by atoms with Crippen LogP contribution in [-0.4, -0.2) is 58.9 Å². The van der Waals surface area contributed by atoms with Crippen LogP contribution in [0.3, 0.4) is 0 Å². The fourth-order valence-electron chi connectivity index (χ4n) is 5.47. The Kier molecular flexibility index (Phi) is 6.00. The van der Waals surface area contributed by atoms with Gasteiger partial charge in [0, 0.05) is 26.2 Å². The number of piperidine rings is 1. The van der Waals surface area contributed by atoms with Crippen LogP contribution >= 0.6 is 0 Å². The lowest BCUT2D eigenvalue weighted by molar-refractivity contribution is -0.136. The molecule has 5 rings (SSSR count). The molecule has 2 heterocycles. The van der Waals surface area contributed by atoms with E-state index < -0.39 is 5.54 Å². The highest BCUT2D eigenvalue weighted by Crippen LogP contribution is 2.38. The molecular formula is C28H31N3O3. The molecule has 0 unspecified atom stereocenters. The minimum atomic E-state index is -0.729. The fraction of sp³-hybridized carbons (Fsp3) is 0.357. The Bertz CT molecular complexity index is 1220. The van der Waals surface area contributed by atoms with Crippen molar-refractivity contribution in [2.24, 2.45) is 0 Å². The highest BCUT2D eigenvalue weighted by atomic mass is 16.5. The van der Waals surface area contributed by atoms with Crippen LogP contribution < -0.4 is 4.74 Å². The molecule has 2 aliphatic rings. The van der Waals surface area contributed by atoms with E-state index in [1.165, 1.54) is 10.5 Å². The monoisotopic (exact) mass is 457 g/mol. The summed E-state index contributed by atoms with van der Waals surface area (Å²) in [6.45, 7) is 5.17. The molecule has 3 aromatic carbocycles. The van der Waals surface area contributed by atoms with Crippen LogP contribution in [0.1, 0.15) is 30.9 Å². The predicted molar refractivity (Wildman–Crippen MR) is 133 cm³/mol. The number of fused-ring (bicyclic) bond motifs is 1. The molecule has 0 atom stereocenters. The molecule has 0 saturated carbocycles. The van der Waals surface area contributed by atoms with E-state index >= 15 is 0 Å². The average Bonchev–Trinajstić information content (AvgIpc) is 3.06. The van der Waals surface area contributed by atoms with E-state index in [4.69, 9.17) is 4.74 Å². The van der Waals surface area contributed by atoms with Gasteiger partial charge in [-0.1, -0.05) is 48.5 Å². The maximum absolute atomic E-state index is 13.7. The van der Waals surface area contributed by atoms with E-state index in [9.17, 15) is 9.59 Å². The number of likely N-dealkylation sites (N-methyl/N-ethyl adjacent to an activating group) is 1. The lowest BCUT2D eigenvalue weighted by Crippen LogP contribution is -2.56. The van der Waals surface area contributed by atoms with Gasteiger partial charge in [-0.05, 0) is 59.9 Å². The molecule has 6 heteroatoms. The van der Waals surface area contributed by atoms with Gasteiger partial charge in [0.25, 0.3) is 5.91 Å². The number of methoxy groups -OCH3 is 1. The molecule has 0 radical (unpaired) electrons. The largest absolute Gasteiger partial charge is 0.497 e. The van der Waals surface area contributed by atoms with Gasteiger partial charge < -0.3 is 9.64 Å². The van der Waals surface area contributed by atoms with Crippen molar-refractivity contribution in [3.8, 4) is 5.75 Å². The number of likely N-dealkylation sites (tertiary alicyclic amines) is 1. The van der Waals surface area contributed by atoms with Crippen molar-refractivity contribution in [3.63, 3.8) is 0 Å². The van der Waals surface area contributed by atoms with Crippen molar-refractivity contribution >= 4 is 22.7 Å². The maximum Gasteiger partial charge on any atom is 0.327 e. The molecule has 176 valence electrons. The number of urea groups is 1. The van der Waals surface area contributed by atoms with Crippen LogP contribution in [0.5, 0.6) is 5.75 Å². The third-order valence-corrected chi connectivity index (χ3v) is 7.32. The summed E-state index contributed by atoms with van der Waals surface area (Å²) in [6, 6.07) is 22.2. The Morgan fingerprint density at radius 3 is 2.32 bits per heavy atom. The van der Waals surface area contributed by atoms with E-state index in [-0.39, 0.29) is 11.9 Å². The van der Waals surface area contributed by atoms with E-state index in [0.717, 1.165) is 41.7 Å². The molecule has 0 aliphatic carbocycles. The number of hydrogen-bond acceptors (Lipinski definition) is 4. The first-order valence-corrected chi connectivity index (χ1v) is 12.0.